The number of hydrogen-bond acceptors (Lipinski definition) is 5. The molecular formula is C22H30N2O5S. The van der Waals surface area contributed by atoms with Gasteiger partial charge in [-0.3, -0.25) is 4.79 Å². The molecule has 0 fully saturated rings. The summed E-state index contributed by atoms with van der Waals surface area (Å²) in [4.78, 5) is 12.2. The predicted molar refractivity (Wildman–Crippen MR) is 116 cm³/mol. The third kappa shape index (κ3) is 6.47. The molecule has 0 radical (unpaired) electrons. The maximum Gasteiger partial charge on any atom is 0.258 e. The first-order chi connectivity index (χ1) is 14.0. The highest BCUT2D eigenvalue weighted by Crippen LogP contribution is 2.30. The van der Waals surface area contributed by atoms with Crippen LogP contribution in [-0.4, -0.2) is 52.5 Å². The molecular weight excluding hydrogens is 404 g/mol. The number of carbonyl (C=O) groups excluding carboxylic acids is 1. The van der Waals surface area contributed by atoms with Crippen molar-refractivity contribution in [3.63, 3.8) is 0 Å². The molecule has 0 spiro atoms. The Balaban J connectivity index is 1.77. The molecule has 0 heterocycles. The van der Waals surface area contributed by atoms with Gasteiger partial charge in [0.05, 0.1) is 11.4 Å². The van der Waals surface area contributed by atoms with Gasteiger partial charge >= 0.3 is 0 Å². The number of nitrogens with zero attached hydrogens (tertiary/aromatic N) is 1. The Labute approximate surface area is 179 Å². The molecule has 0 aliphatic rings. The van der Waals surface area contributed by atoms with Gasteiger partial charge in [-0.2, -0.15) is 0 Å². The Hall–Kier alpha value is -2.58. The zero-order valence-corrected chi connectivity index (χ0v) is 19.0. The lowest BCUT2D eigenvalue weighted by Gasteiger charge is -2.22. The minimum Gasteiger partial charge on any atom is -0.492 e. The van der Waals surface area contributed by atoms with E-state index in [1.165, 1.54) is 26.2 Å². The van der Waals surface area contributed by atoms with Crippen molar-refractivity contribution < 1.29 is 22.7 Å². The number of rotatable bonds is 9. The molecule has 2 rings (SSSR count). The van der Waals surface area contributed by atoms with Gasteiger partial charge < -0.3 is 14.8 Å². The number of sulfonamides is 1. The summed E-state index contributed by atoms with van der Waals surface area (Å²) in [6, 6.07) is 13.8. The van der Waals surface area contributed by atoms with Gasteiger partial charge in [0.2, 0.25) is 10.0 Å². The van der Waals surface area contributed by atoms with Gasteiger partial charge in [0, 0.05) is 14.1 Å². The van der Waals surface area contributed by atoms with Crippen LogP contribution < -0.4 is 14.8 Å². The standard InChI is InChI=1S/C22H30N2O5S/c1-22(2,3)19-8-6-7-9-20(19)29-16-21(25)23-14-15-28-17-10-12-18(13-11-17)30(26,27)24(4)5/h6-13H,14-16H2,1-5H3,(H,23,25). The van der Waals surface area contributed by atoms with Crippen LogP contribution in [0.1, 0.15) is 26.3 Å². The number of para-hydroxylation sites is 1. The highest BCUT2D eigenvalue weighted by molar-refractivity contribution is 7.89. The molecule has 0 saturated carbocycles. The van der Waals surface area contributed by atoms with E-state index in [0.29, 0.717) is 18.0 Å². The molecule has 0 saturated heterocycles. The number of amides is 1. The first-order valence-corrected chi connectivity index (χ1v) is 11.1. The largest absolute Gasteiger partial charge is 0.492 e. The lowest BCUT2D eigenvalue weighted by Crippen LogP contribution is -2.32. The van der Waals surface area contributed by atoms with Gasteiger partial charge in [-0.25, -0.2) is 12.7 Å². The molecule has 2 aromatic rings. The topological polar surface area (TPSA) is 84.9 Å². The number of benzene rings is 2. The van der Waals surface area contributed by atoms with Crippen LogP contribution in [0.4, 0.5) is 0 Å². The Morgan fingerprint density at radius 2 is 1.63 bits per heavy atom. The molecule has 0 aliphatic carbocycles. The fourth-order valence-electron chi connectivity index (χ4n) is 2.68. The SMILES string of the molecule is CN(C)S(=O)(=O)c1ccc(OCCNC(=O)COc2ccccc2C(C)(C)C)cc1. The van der Waals surface area contributed by atoms with Crippen LogP contribution in [0.5, 0.6) is 11.5 Å². The van der Waals surface area contributed by atoms with E-state index in [4.69, 9.17) is 9.47 Å². The average Bonchev–Trinajstić information content (AvgIpc) is 2.69. The van der Waals surface area contributed by atoms with Crippen molar-refractivity contribution in [3.05, 3.63) is 54.1 Å². The van der Waals surface area contributed by atoms with E-state index < -0.39 is 10.0 Å². The van der Waals surface area contributed by atoms with E-state index in [2.05, 4.69) is 26.1 Å². The van der Waals surface area contributed by atoms with Crippen molar-refractivity contribution in [2.45, 2.75) is 31.1 Å². The van der Waals surface area contributed by atoms with Crippen LogP contribution in [-0.2, 0) is 20.2 Å². The van der Waals surface area contributed by atoms with Crippen molar-refractivity contribution in [2.75, 3.05) is 33.9 Å². The van der Waals surface area contributed by atoms with E-state index in [1.54, 1.807) is 12.1 Å². The van der Waals surface area contributed by atoms with E-state index >= 15 is 0 Å². The Morgan fingerprint density at radius 3 is 2.23 bits per heavy atom. The highest BCUT2D eigenvalue weighted by Gasteiger charge is 2.19. The van der Waals surface area contributed by atoms with Crippen molar-refractivity contribution in [3.8, 4) is 11.5 Å². The lowest BCUT2D eigenvalue weighted by molar-refractivity contribution is -0.123. The minimum atomic E-state index is -3.46. The second-order valence-corrected chi connectivity index (χ2v) is 10.1. The maximum atomic E-state index is 12.0. The monoisotopic (exact) mass is 434 g/mol. The van der Waals surface area contributed by atoms with E-state index in [0.717, 1.165) is 9.87 Å². The second kappa shape index (κ2) is 9.95. The second-order valence-electron chi connectivity index (χ2n) is 7.99. The van der Waals surface area contributed by atoms with Crippen LogP contribution >= 0.6 is 0 Å². The van der Waals surface area contributed by atoms with E-state index in [1.807, 2.05) is 24.3 Å². The third-order valence-corrected chi connectivity index (χ3v) is 6.18. The fraction of sp³-hybridized carbons (Fsp3) is 0.409. The van der Waals surface area contributed by atoms with Crippen molar-refractivity contribution >= 4 is 15.9 Å². The van der Waals surface area contributed by atoms with Crippen molar-refractivity contribution in [1.29, 1.82) is 0 Å². The van der Waals surface area contributed by atoms with Crippen LogP contribution in [0.15, 0.2) is 53.4 Å². The van der Waals surface area contributed by atoms with Crippen molar-refractivity contribution in [2.24, 2.45) is 0 Å². The van der Waals surface area contributed by atoms with Gasteiger partial charge in [0.25, 0.3) is 5.91 Å². The summed E-state index contributed by atoms with van der Waals surface area (Å²) < 4.78 is 36.5. The predicted octanol–water partition coefficient (Wildman–Crippen LogP) is 2.81. The summed E-state index contributed by atoms with van der Waals surface area (Å²) in [5, 5.41) is 2.74. The van der Waals surface area contributed by atoms with Crippen LogP contribution in [0, 0.1) is 0 Å². The summed E-state index contributed by atoms with van der Waals surface area (Å²) in [7, 11) is -0.505. The zero-order valence-electron chi connectivity index (χ0n) is 18.1. The molecule has 0 unspecified atom stereocenters. The number of carbonyl (C=O) groups is 1. The van der Waals surface area contributed by atoms with E-state index in [9.17, 15) is 13.2 Å². The highest BCUT2D eigenvalue weighted by atomic mass is 32.2. The average molecular weight is 435 g/mol. The van der Waals surface area contributed by atoms with E-state index in [-0.39, 0.29) is 29.4 Å². The molecule has 7 nitrogen and oxygen atoms in total. The molecule has 1 N–H and O–H groups in total. The molecule has 0 bridgehead atoms. The van der Waals surface area contributed by atoms with Gasteiger partial charge in [0.15, 0.2) is 6.61 Å². The van der Waals surface area contributed by atoms with Gasteiger partial charge in [-0.05, 0) is 41.3 Å². The normalized spacial score (nSPS) is 11.9. The Bertz CT molecular complexity index is 948. The van der Waals surface area contributed by atoms with Gasteiger partial charge in [0.1, 0.15) is 18.1 Å². The number of hydrogen-bond donors (Lipinski definition) is 1. The molecule has 0 atom stereocenters. The maximum absolute atomic E-state index is 12.0. The van der Waals surface area contributed by atoms with Gasteiger partial charge in [-0.1, -0.05) is 39.0 Å². The van der Waals surface area contributed by atoms with Crippen LogP contribution in [0.3, 0.4) is 0 Å². The summed E-state index contributed by atoms with van der Waals surface area (Å²) >= 11 is 0. The first-order valence-electron chi connectivity index (χ1n) is 9.66. The Kier molecular flexibility index (Phi) is 7.86. The molecule has 8 heteroatoms. The quantitative estimate of drug-likeness (QED) is 0.614. The molecule has 0 aliphatic heterocycles. The number of ether oxygens (including phenoxy) is 2. The zero-order chi connectivity index (χ0) is 22.4. The molecule has 2 aromatic carbocycles. The minimum absolute atomic E-state index is 0.0792. The van der Waals surface area contributed by atoms with Crippen LogP contribution in [0.2, 0.25) is 0 Å². The summed E-state index contributed by atoms with van der Waals surface area (Å²) in [5.74, 6) is 0.983. The first kappa shape index (κ1) is 23.7. The molecule has 1 amide bonds. The Morgan fingerprint density at radius 1 is 1.00 bits per heavy atom. The summed E-state index contributed by atoms with van der Waals surface area (Å²) in [6.07, 6.45) is 0. The van der Waals surface area contributed by atoms with Crippen LogP contribution in [0.25, 0.3) is 0 Å². The van der Waals surface area contributed by atoms with Crippen molar-refractivity contribution in [1.82, 2.24) is 9.62 Å². The smallest absolute Gasteiger partial charge is 0.258 e. The molecule has 164 valence electrons. The number of nitrogens with one attached hydrogen (secondary N) is 1. The summed E-state index contributed by atoms with van der Waals surface area (Å²) in [5.41, 5.74) is 0.961. The fourth-order valence-corrected chi connectivity index (χ4v) is 3.59. The third-order valence-electron chi connectivity index (χ3n) is 4.35. The van der Waals surface area contributed by atoms with Gasteiger partial charge in [-0.15, -0.1) is 0 Å². The molecule has 30 heavy (non-hydrogen) atoms. The molecule has 0 aromatic heterocycles. The summed E-state index contributed by atoms with van der Waals surface area (Å²) in [6.45, 7) is 6.76. The lowest BCUT2D eigenvalue weighted by atomic mass is 9.86.